The Kier molecular flexibility index (Phi) is 2.60. The standard InChI is InChI=1S/C10H9F4N3/c11-9(12)10(13,17(14)7-6-15-9)16-8-4-2-1-3-5-8/h1-7,15-16H. The maximum absolute atomic E-state index is 14.0. The molecule has 0 bridgehead atoms. The number of hydrogen-bond donors (Lipinski definition) is 2. The van der Waals surface area contributed by atoms with Crippen molar-refractivity contribution in [2.24, 2.45) is 0 Å². The van der Waals surface area contributed by atoms with Crippen LogP contribution >= 0.6 is 0 Å². The van der Waals surface area contributed by atoms with E-state index in [2.05, 4.69) is 0 Å². The Morgan fingerprint density at radius 1 is 1.12 bits per heavy atom. The molecule has 1 aliphatic heterocycles. The number of nitrogens with zero attached hydrogens (tertiary/aromatic N) is 1. The highest BCUT2D eigenvalue weighted by atomic mass is 19.3. The van der Waals surface area contributed by atoms with Crippen molar-refractivity contribution in [1.82, 2.24) is 10.4 Å². The second kappa shape index (κ2) is 3.83. The second-order valence-electron chi connectivity index (χ2n) is 3.46. The first-order valence-corrected chi connectivity index (χ1v) is 4.75. The summed E-state index contributed by atoms with van der Waals surface area (Å²) in [6.45, 7) is 0. The van der Waals surface area contributed by atoms with Crippen molar-refractivity contribution >= 4 is 5.69 Å². The third-order valence-corrected chi connectivity index (χ3v) is 2.26. The summed E-state index contributed by atoms with van der Waals surface area (Å²) in [5.41, 5.74) is 0.0365. The van der Waals surface area contributed by atoms with E-state index in [4.69, 9.17) is 0 Å². The highest BCUT2D eigenvalue weighted by Gasteiger charge is 2.61. The molecule has 0 saturated heterocycles. The van der Waals surface area contributed by atoms with Crippen LogP contribution in [-0.4, -0.2) is 17.1 Å². The van der Waals surface area contributed by atoms with Gasteiger partial charge in [-0.3, -0.25) is 0 Å². The first-order chi connectivity index (χ1) is 7.96. The fourth-order valence-corrected chi connectivity index (χ4v) is 1.38. The van der Waals surface area contributed by atoms with Gasteiger partial charge in [-0.1, -0.05) is 22.7 Å². The molecule has 0 spiro atoms. The summed E-state index contributed by atoms with van der Waals surface area (Å²) in [5.74, 6) is -3.68. The van der Waals surface area contributed by atoms with Crippen molar-refractivity contribution in [2.45, 2.75) is 12.0 Å². The maximum Gasteiger partial charge on any atom is 0.397 e. The summed E-state index contributed by atoms with van der Waals surface area (Å²) in [7, 11) is 0. The number of rotatable bonds is 2. The Morgan fingerprint density at radius 3 is 2.35 bits per heavy atom. The van der Waals surface area contributed by atoms with Crippen LogP contribution in [0.5, 0.6) is 0 Å². The van der Waals surface area contributed by atoms with E-state index >= 15 is 0 Å². The van der Waals surface area contributed by atoms with Crippen LogP contribution < -0.4 is 10.6 Å². The SMILES string of the molecule is FN1C=CNC(F)(F)C1(F)Nc1ccccc1. The van der Waals surface area contributed by atoms with E-state index in [0.717, 1.165) is 0 Å². The van der Waals surface area contributed by atoms with E-state index < -0.39 is 17.1 Å². The second-order valence-corrected chi connectivity index (χ2v) is 3.46. The molecule has 2 rings (SSSR count). The number of halogens is 4. The van der Waals surface area contributed by atoms with Crippen LogP contribution in [0.3, 0.4) is 0 Å². The molecular formula is C10H9F4N3. The average Bonchev–Trinajstić information content (AvgIpc) is 2.28. The Balaban J connectivity index is 2.31. The van der Waals surface area contributed by atoms with Gasteiger partial charge in [-0.15, -0.1) is 0 Å². The molecule has 0 amide bonds. The molecule has 92 valence electrons. The smallest absolute Gasteiger partial charge is 0.328 e. The van der Waals surface area contributed by atoms with E-state index in [-0.39, 0.29) is 5.69 Å². The third kappa shape index (κ3) is 1.88. The van der Waals surface area contributed by atoms with Gasteiger partial charge >= 0.3 is 12.0 Å². The number of para-hydroxylation sites is 1. The lowest BCUT2D eigenvalue weighted by molar-refractivity contribution is -0.253. The van der Waals surface area contributed by atoms with Crippen molar-refractivity contribution in [3.63, 3.8) is 0 Å². The molecular weight excluding hydrogens is 238 g/mol. The summed E-state index contributed by atoms with van der Waals surface area (Å²) < 4.78 is 53.8. The lowest BCUT2D eigenvalue weighted by atomic mass is 10.2. The molecule has 0 aliphatic carbocycles. The van der Waals surface area contributed by atoms with Crippen molar-refractivity contribution in [3.05, 3.63) is 42.7 Å². The molecule has 7 heteroatoms. The van der Waals surface area contributed by atoms with Gasteiger partial charge in [0.15, 0.2) is 0 Å². The van der Waals surface area contributed by atoms with Gasteiger partial charge < -0.3 is 10.6 Å². The van der Waals surface area contributed by atoms with Crippen LogP contribution in [0.4, 0.5) is 23.3 Å². The van der Waals surface area contributed by atoms with E-state index in [1.165, 1.54) is 29.6 Å². The van der Waals surface area contributed by atoms with Gasteiger partial charge in [0.1, 0.15) is 0 Å². The van der Waals surface area contributed by atoms with Crippen molar-refractivity contribution < 1.29 is 17.7 Å². The Hall–Kier alpha value is -1.92. The Morgan fingerprint density at radius 2 is 1.76 bits per heavy atom. The molecule has 3 nitrogen and oxygen atoms in total. The highest BCUT2D eigenvalue weighted by molar-refractivity contribution is 5.45. The van der Waals surface area contributed by atoms with Gasteiger partial charge in [-0.2, -0.15) is 18.3 Å². The predicted molar refractivity (Wildman–Crippen MR) is 54.1 cm³/mol. The van der Waals surface area contributed by atoms with Crippen LogP contribution in [0.2, 0.25) is 0 Å². The topological polar surface area (TPSA) is 27.3 Å². The Bertz CT molecular complexity index is 423. The molecule has 1 aliphatic rings. The van der Waals surface area contributed by atoms with Crippen LogP contribution in [0.15, 0.2) is 42.7 Å². The molecule has 0 radical (unpaired) electrons. The molecule has 1 atom stereocenters. The van der Waals surface area contributed by atoms with Gasteiger partial charge in [-0.25, -0.2) is 0 Å². The first-order valence-electron chi connectivity index (χ1n) is 4.75. The van der Waals surface area contributed by atoms with E-state index in [9.17, 15) is 17.7 Å². The van der Waals surface area contributed by atoms with Crippen molar-refractivity contribution in [3.8, 4) is 0 Å². The van der Waals surface area contributed by atoms with E-state index in [1.807, 2.05) is 5.32 Å². The number of alkyl halides is 3. The van der Waals surface area contributed by atoms with E-state index in [0.29, 0.717) is 12.4 Å². The van der Waals surface area contributed by atoms with E-state index in [1.54, 1.807) is 6.07 Å². The fraction of sp³-hybridized carbons (Fsp3) is 0.200. The third-order valence-electron chi connectivity index (χ3n) is 2.26. The minimum atomic E-state index is -4.10. The Labute approximate surface area is 94.7 Å². The van der Waals surface area contributed by atoms with Gasteiger partial charge in [0, 0.05) is 11.9 Å². The summed E-state index contributed by atoms with van der Waals surface area (Å²) in [6.07, 6.45) is 1.16. The van der Waals surface area contributed by atoms with Crippen LogP contribution in [0.1, 0.15) is 0 Å². The number of benzene rings is 1. The van der Waals surface area contributed by atoms with Gasteiger partial charge in [0.2, 0.25) is 0 Å². The first kappa shape index (κ1) is 11.6. The molecule has 1 aromatic carbocycles. The molecule has 0 fully saturated rings. The van der Waals surface area contributed by atoms with Gasteiger partial charge in [0.25, 0.3) is 0 Å². The molecule has 2 N–H and O–H groups in total. The largest absolute Gasteiger partial charge is 0.397 e. The lowest BCUT2D eigenvalue weighted by Crippen LogP contribution is -2.65. The molecule has 0 aromatic heterocycles. The zero-order valence-electron chi connectivity index (χ0n) is 8.50. The van der Waals surface area contributed by atoms with Crippen LogP contribution in [0, 0.1) is 0 Å². The molecule has 17 heavy (non-hydrogen) atoms. The number of nitrogens with one attached hydrogen (secondary N) is 2. The molecule has 1 aromatic rings. The average molecular weight is 247 g/mol. The quantitative estimate of drug-likeness (QED) is 0.478. The van der Waals surface area contributed by atoms with Crippen LogP contribution in [0.25, 0.3) is 0 Å². The molecule has 0 saturated carbocycles. The summed E-state index contributed by atoms with van der Waals surface area (Å²) in [5, 5.41) is 2.57. The monoisotopic (exact) mass is 247 g/mol. The zero-order valence-corrected chi connectivity index (χ0v) is 8.50. The fourth-order valence-electron chi connectivity index (χ4n) is 1.38. The van der Waals surface area contributed by atoms with Gasteiger partial charge in [0.05, 0.1) is 6.20 Å². The normalized spacial score (nSPS) is 26.5. The zero-order chi connectivity index (χ0) is 12.5. The maximum atomic E-state index is 14.0. The predicted octanol–water partition coefficient (Wildman–Crippen LogP) is 2.58. The summed E-state index contributed by atoms with van der Waals surface area (Å²) >= 11 is 0. The van der Waals surface area contributed by atoms with Crippen molar-refractivity contribution in [1.29, 1.82) is 0 Å². The van der Waals surface area contributed by atoms with Gasteiger partial charge in [-0.05, 0) is 12.1 Å². The molecule has 1 unspecified atom stereocenters. The number of anilines is 1. The minimum absolute atomic E-state index is 0.0365. The van der Waals surface area contributed by atoms with Crippen LogP contribution in [-0.2, 0) is 0 Å². The lowest BCUT2D eigenvalue weighted by Gasteiger charge is -2.39. The summed E-state index contributed by atoms with van der Waals surface area (Å²) in [6, 6.07) is 3.25. The minimum Gasteiger partial charge on any atom is -0.328 e. The summed E-state index contributed by atoms with van der Waals surface area (Å²) in [4.78, 5) is 0. The molecule has 1 heterocycles. The highest BCUT2D eigenvalue weighted by Crippen LogP contribution is 2.37. The van der Waals surface area contributed by atoms with Crippen molar-refractivity contribution in [2.75, 3.05) is 5.32 Å². The number of hydrogen-bond acceptors (Lipinski definition) is 3.